The minimum atomic E-state index is -0.260. The van der Waals surface area contributed by atoms with Crippen molar-refractivity contribution in [2.75, 3.05) is 5.32 Å². The molecule has 28 heavy (non-hydrogen) atoms. The number of carbonyl (C=O) groups is 2. The topological polar surface area (TPSA) is 70.6 Å². The lowest BCUT2D eigenvalue weighted by Gasteiger charge is -2.08. The summed E-state index contributed by atoms with van der Waals surface area (Å²) in [5, 5.41) is 8.93. The van der Waals surface area contributed by atoms with Crippen LogP contribution < -0.4 is 10.7 Å². The van der Waals surface area contributed by atoms with Gasteiger partial charge in [0.2, 0.25) is 0 Å². The van der Waals surface area contributed by atoms with Crippen molar-refractivity contribution in [3.05, 3.63) is 87.1 Å². The zero-order valence-corrected chi connectivity index (χ0v) is 16.8. The zero-order valence-electron chi connectivity index (χ0n) is 15.9. The fourth-order valence-corrected chi connectivity index (χ4v) is 3.19. The third-order valence-electron chi connectivity index (χ3n) is 4.38. The molecule has 6 heteroatoms. The number of aryl methyl sites for hydroxylation is 2. The standard InChI is InChI=1S/C22H21N3O2S/c1-14-9-10-18(12-15(14)2)21(26)25-24-16(3)17-6-4-7-19(13-17)23-22(27)20-8-5-11-28-20/h4-13H,1-3H3,(H,23,27)(H,25,26)/b24-16+. The van der Waals surface area contributed by atoms with Gasteiger partial charge in [-0.3, -0.25) is 9.59 Å². The second-order valence-corrected chi connectivity index (χ2v) is 7.40. The molecule has 3 rings (SSSR count). The van der Waals surface area contributed by atoms with Gasteiger partial charge in [0, 0.05) is 11.3 Å². The third-order valence-corrected chi connectivity index (χ3v) is 5.25. The average Bonchev–Trinajstić information content (AvgIpc) is 3.23. The second kappa shape index (κ2) is 8.63. The Hall–Kier alpha value is -3.25. The molecule has 0 spiro atoms. The van der Waals surface area contributed by atoms with E-state index in [-0.39, 0.29) is 11.8 Å². The van der Waals surface area contributed by atoms with E-state index >= 15 is 0 Å². The monoisotopic (exact) mass is 391 g/mol. The van der Waals surface area contributed by atoms with Crippen molar-refractivity contribution >= 4 is 34.6 Å². The molecule has 0 saturated carbocycles. The maximum atomic E-state index is 12.3. The number of hydrogen-bond acceptors (Lipinski definition) is 4. The molecular weight excluding hydrogens is 370 g/mol. The van der Waals surface area contributed by atoms with Crippen molar-refractivity contribution < 1.29 is 9.59 Å². The maximum Gasteiger partial charge on any atom is 0.271 e. The average molecular weight is 391 g/mol. The number of nitrogens with zero attached hydrogens (tertiary/aromatic N) is 1. The highest BCUT2D eigenvalue weighted by Gasteiger charge is 2.09. The Bertz CT molecular complexity index is 1040. The summed E-state index contributed by atoms with van der Waals surface area (Å²) < 4.78 is 0. The number of thiophene rings is 1. The fourth-order valence-electron chi connectivity index (χ4n) is 2.57. The number of rotatable bonds is 5. The van der Waals surface area contributed by atoms with Crippen LogP contribution in [0.1, 0.15) is 43.6 Å². The van der Waals surface area contributed by atoms with Crippen molar-refractivity contribution in [1.82, 2.24) is 5.43 Å². The van der Waals surface area contributed by atoms with E-state index in [4.69, 9.17) is 0 Å². The third kappa shape index (κ3) is 4.72. The Balaban J connectivity index is 1.69. The first-order valence-electron chi connectivity index (χ1n) is 8.81. The molecule has 0 aliphatic heterocycles. The van der Waals surface area contributed by atoms with Gasteiger partial charge in [-0.25, -0.2) is 5.43 Å². The van der Waals surface area contributed by atoms with E-state index in [2.05, 4.69) is 15.8 Å². The predicted octanol–water partition coefficient (Wildman–Crippen LogP) is 4.77. The molecule has 0 unspecified atom stereocenters. The molecule has 1 heterocycles. The van der Waals surface area contributed by atoms with Crippen LogP contribution in [-0.2, 0) is 0 Å². The van der Waals surface area contributed by atoms with Gasteiger partial charge in [-0.05, 0) is 73.2 Å². The van der Waals surface area contributed by atoms with Gasteiger partial charge in [-0.15, -0.1) is 11.3 Å². The predicted molar refractivity (Wildman–Crippen MR) is 114 cm³/mol. The van der Waals surface area contributed by atoms with E-state index in [1.165, 1.54) is 11.3 Å². The molecule has 0 aliphatic carbocycles. The maximum absolute atomic E-state index is 12.3. The van der Waals surface area contributed by atoms with Crippen LogP contribution >= 0.6 is 11.3 Å². The number of amides is 2. The van der Waals surface area contributed by atoms with E-state index in [9.17, 15) is 9.59 Å². The molecule has 0 radical (unpaired) electrons. The highest BCUT2D eigenvalue weighted by Crippen LogP contribution is 2.15. The van der Waals surface area contributed by atoms with E-state index in [1.807, 2.05) is 61.7 Å². The highest BCUT2D eigenvalue weighted by molar-refractivity contribution is 7.12. The molecule has 0 fully saturated rings. The van der Waals surface area contributed by atoms with E-state index in [0.29, 0.717) is 21.8 Å². The van der Waals surface area contributed by atoms with Crippen LogP contribution in [0.2, 0.25) is 0 Å². The summed E-state index contributed by atoms with van der Waals surface area (Å²) in [5.74, 6) is -0.408. The largest absolute Gasteiger partial charge is 0.321 e. The lowest BCUT2D eigenvalue weighted by Crippen LogP contribution is -2.19. The summed E-state index contributed by atoms with van der Waals surface area (Å²) in [5.41, 5.74) is 7.48. The van der Waals surface area contributed by atoms with Gasteiger partial charge < -0.3 is 5.32 Å². The van der Waals surface area contributed by atoms with Gasteiger partial charge in [0.15, 0.2) is 0 Å². The quantitative estimate of drug-likeness (QED) is 0.486. The minimum absolute atomic E-state index is 0.148. The van der Waals surface area contributed by atoms with E-state index in [0.717, 1.165) is 16.7 Å². The van der Waals surface area contributed by atoms with Gasteiger partial charge in [-0.1, -0.05) is 24.3 Å². The second-order valence-electron chi connectivity index (χ2n) is 6.45. The number of hydrazone groups is 1. The van der Waals surface area contributed by atoms with Crippen molar-refractivity contribution in [2.45, 2.75) is 20.8 Å². The van der Waals surface area contributed by atoms with Crippen LogP contribution in [0.3, 0.4) is 0 Å². The molecule has 2 aromatic carbocycles. The number of carbonyl (C=O) groups excluding carboxylic acids is 2. The summed E-state index contributed by atoms with van der Waals surface area (Å²) >= 11 is 1.39. The first-order valence-corrected chi connectivity index (χ1v) is 9.69. The van der Waals surface area contributed by atoms with Gasteiger partial charge in [0.1, 0.15) is 0 Å². The van der Waals surface area contributed by atoms with Gasteiger partial charge in [-0.2, -0.15) is 5.10 Å². The summed E-state index contributed by atoms with van der Waals surface area (Å²) in [6, 6.07) is 16.5. The molecule has 2 amide bonds. The molecule has 5 nitrogen and oxygen atoms in total. The first-order chi connectivity index (χ1) is 13.4. The summed E-state index contributed by atoms with van der Waals surface area (Å²) in [6.45, 7) is 5.78. The Morgan fingerprint density at radius 1 is 0.893 bits per heavy atom. The molecule has 0 bridgehead atoms. The Labute approximate surface area is 168 Å². The normalized spacial score (nSPS) is 11.2. The summed E-state index contributed by atoms with van der Waals surface area (Å²) in [4.78, 5) is 25.2. The molecule has 0 atom stereocenters. The number of benzene rings is 2. The number of nitrogens with one attached hydrogen (secondary N) is 2. The van der Waals surface area contributed by atoms with Crippen molar-refractivity contribution in [1.29, 1.82) is 0 Å². The molecule has 2 N–H and O–H groups in total. The molecular formula is C22H21N3O2S. The lowest BCUT2D eigenvalue weighted by molar-refractivity contribution is 0.0954. The van der Waals surface area contributed by atoms with Crippen molar-refractivity contribution in [3.8, 4) is 0 Å². The van der Waals surface area contributed by atoms with E-state index < -0.39 is 0 Å². The minimum Gasteiger partial charge on any atom is -0.321 e. The number of hydrogen-bond donors (Lipinski definition) is 2. The summed E-state index contributed by atoms with van der Waals surface area (Å²) in [6.07, 6.45) is 0. The van der Waals surface area contributed by atoms with Gasteiger partial charge in [0.25, 0.3) is 11.8 Å². The molecule has 3 aromatic rings. The van der Waals surface area contributed by atoms with Gasteiger partial charge in [0.05, 0.1) is 10.6 Å². The summed E-state index contributed by atoms with van der Waals surface area (Å²) in [7, 11) is 0. The molecule has 142 valence electrons. The van der Waals surface area contributed by atoms with Gasteiger partial charge >= 0.3 is 0 Å². The highest BCUT2D eigenvalue weighted by atomic mass is 32.1. The molecule has 0 saturated heterocycles. The molecule has 1 aromatic heterocycles. The van der Waals surface area contributed by atoms with Crippen LogP contribution in [0, 0.1) is 13.8 Å². The fraction of sp³-hybridized carbons (Fsp3) is 0.136. The first kappa shape index (κ1) is 19.5. The Kier molecular flexibility index (Phi) is 6.01. The van der Waals surface area contributed by atoms with Crippen molar-refractivity contribution in [3.63, 3.8) is 0 Å². The Morgan fingerprint density at radius 2 is 1.71 bits per heavy atom. The Morgan fingerprint density at radius 3 is 2.43 bits per heavy atom. The van der Waals surface area contributed by atoms with Crippen LogP contribution in [0.15, 0.2) is 65.1 Å². The van der Waals surface area contributed by atoms with Crippen LogP contribution in [0.25, 0.3) is 0 Å². The number of anilines is 1. The van der Waals surface area contributed by atoms with Crippen molar-refractivity contribution in [2.24, 2.45) is 5.10 Å². The van der Waals surface area contributed by atoms with Crippen LogP contribution in [-0.4, -0.2) is 17.5 Å². The zero-order chi connectivity index (χ0) is 20.1. The SMILES string of the molecule is C/C(=N\NC(=O)c1ccc(C)c(C)c1)c1cccc(NC(=O)c2cccs2)c1. The smallest absolute Gasteiger partial charge is 0.271 e. The van der Waals surface area contributed by atoms with Crippen LogP contribution in [0.5, 0.6) is 0 Å². The van der Waals surface area contributed by atoms with Crippen LogP contribution in [0.4, 0.5) is 5.69 Å². The lowest BCUT2D eigenvalue weighted by atomic mass is 10.1. The van der Waals surface area contributed by atoms with E-state index in [1.54, 1.807) is 19.1 Å². The molecule has 0 aliphatic rings.